The number of thiazole rings is 1. The van der Waals surface area contributed by atoms with Crippen LogP contribution in [0.4, 0.5) is 10.9 Å². The van der Waals surface area contributed by atoms with E-state index in [1.807, 2.05) is 10.7 Å². The number of hydrogen-bond donors (Lipinski definition) is 3. The highest BCUT2D eigenvalue weighted by molar-refractivity contribution is 7.14. The molecule has 0 aliphatic carbocycles. The number of carbonyl (C=O) groups is 1. The first-order valence-electron chi connectivity index (χ1n) is 5.44. The topological polar surface area (TPSA) is 92.1 Å². The molecule has 1 aliphatic heterocycles. The molecule has 0 aromatic carbocycles. The van der Waals surface area contributed by atoms with Crippen molar-refractivity contribution >= 4 is 28.3 Å². The molecule has 0 atom stereocenters. The fourth-order valence-electron chi connectivity index (χ4n) is 1.69. The van der Waals surface area contributed by atoms with Crippen molar-refractivity contribution in [2.45, 2.75) is 6.04 Å². The van der Waals surface area contributed by atoms with E-state index in [9.17, 15) is 4.79 Å². The van der Waals surface area contributed by atoms with Crippen LogP contribution >= 0.6 is 11.3 Å². The number of carboxylic acids is 1. The van der Waals surface area contributed by atoms with E-state index in [0.717, 1.165) is 18.9 Å². The summed E-state index contributed by atoms with van der Waals surface area (Å²) < 4.78 is 1.89. The van der Waals surface area contributed by atoms with Crippen LogP contribution in [0.3, 0.4) is 0 Å². The van der Waals surface area contributed by atoms with Crippen LogP contribution in [0.25, 0.3) is 0 Å². The van der Waals surface area contributed by atoms with Crippen LogP contribution in [-0.2, 0) is 0 Å². The van der Waals surface area contributed by atoms with Gasteiger partial charge in [0, 0.05) is 24.5 Å². The number of aromatic carboxylic acids is 1. The molecule has 2 aromatic heterocycles. The Labute approximate surface area is 106 Å². The van der Waals surface area contributed by atoms with Crippen LogP contribution < -0.4 is 10.6 Å². The third-order valence-corrected chi connectivity index (χ3v) is 3.49. The molecule has 8 heteroatoms. The molecule has 1 fully saturated rings. The van der Waals surface area contributed by atoms with E-state index in [1.54, 1.807) is 6.20 Å². The van der Waals surface area contributed by atoms with E-state index >= 15 is 0 Å². The van der Waals surface area contributed by atoms with Gasteiger partial charge in [-0.1, -0.05) is 0 Å². The summed E-state index contributed by atoms with van der Waals surface area (Å²) in [6.07, 6.45) is 1.71. The molecule has 0 saturated carbocycles. The van der Waals surface area contributed by atoms with Gasteiger partial charge in [-0.25, -0.2) is 14.5 Å². The number of aromatic nitrogens is 3. The second kappa shape index (κ2) is 4.39. The van der Waals surface area contributed by atoms with E-state index in [-0.39, 0.29) is 5.69 Å². The van der Waals surface area contributed by atoms with E-state index in [4.69, 9.17) is 5.11 Å². The van der Waals surface area contributed by atoms with Crippen molar-refractivity contribution in [3.05, 3.63) is 23.3 Å². The lowest BCUT2D eigenvalue weighted by Crippen LogP contribution is -2.44. The van der Waals surface area contributed by atoms with E-state index < -0.39 is 5.97 Å². The lowest BCUT2D eigenvalue weighted by atomic mass is 10.2. The molecule has 3 N–H and O–H groups in total. The van der Waals surface area contributed by atoms with Crippen LogP contribution in [-0.4, -0.2) is 38.9 Å². The van der Waals surface area contributed by atoms with Gasteiger partial charge in [0.1, 0.15) is 5.82 Å². The molecule has 0 spiro atoms. The molecule has 0 bridgehead atoms. The Balaban J connectivity index is 1.79. The molecule has 94 valence electrons. The lowest BCUT2D eigenvalue weighted by Gasteiger charge is -2.28. The Kier molecular flexibility index (Phi) is 2.73. The zero-order valence-corrected chi connectivity index (χ0v) is 10.1. The minimum absolute atomic E-state index is 0.0545. The number of nitrogens with one attached hydrogen (secondary N) is 2. The molecule has 0 amide bonds. The summed E-state index contributed by atoms with van der Waals surface area (Å²) in [7, 11) is 0. The predicted molar refractivity (Wildman–Crippen MR) is 66.5 cm³/mol. The molecule has 3 heterocycles. The summed E-state index contributed by atoms with van der Waals surface area (Å²) in [5.74, 6) is -0.191. The average Bonchev–Trinajstić information content (AvgIpc) is 2.87. The summed E-state index contributed by atoms with van der Waals surface area (Å²) in [5, 5.41) is 21.4. The monoisotopic (exact) mass is 265 g/mol. The van der Waals surface area contributed by atoms with Gasteiger partial charge in [0.15, 0.2) is 10.8 Å². The summed E-state index contributed by atoms with van der Waals surface area (Å²) >= 11 is 1.26. The van der Waals surface area contributed by atoms with Gasteiger partial charge in [-0.15, -0.1) is 11.3 Å². The van der Waals surface area contributed by atoms with Gasteiger partial charge >= 0.3 is 5.97 Å². The molecule has 7 nitrogen and oxygen atoms in total. The summed E-state index contributed by atoms with van der Waals surface area (Å²) in [4.78, 5) is 14.7. The second-order valence-corrected chi connectivity index (χ2v) is 4.80. The van der Waals surface area contributed by atoms with Crippen LogP contribution in [0.5, 0.6) is 0 Å². The van der Waals surface area contributed by atoms with Crippen molar-refractivity contribution in [1.29, 1.82) is 0 Å². The highest BCUT2D eigenvalue weighted by Crippen LogP contribution is 2.23. The maximum Gasteiger partial charge on any atom is 0.355 e. The number of nitrogens with zero attached hydrogens (tertiary/aromatic N) is 3. The highest BCUT2D eigenvalue weighted by Gasteiger charge is 2.22. The Hall–Kier alpha value is -1.93. The standard InChI is InChI=1S/C10H11N5O2S/c16-9(17)7-5-18-10(13-7)14-8-1-2-12-15(8)6-3-11-4-6/h1-2,5-6,11H,3-4H2,(H,13,14)(H,16,17). The third kappa shape index (κ3) is 1.95. The molecular formula is C10H11N5O2S. The Morgan fingerprint density at radius 3 is 3.06 bits per heavy atom. The Bertz CT molecular complexity index is 574. The first-order chi connectivity index (χ1) is 8.74. The van der Waals surface area contributed by atoms with Gasteiger partial charge in [0.25, 0.3) is 0 Å². The van der Waals surface area contributed by atoms with Gasteiger partial charge in [-0.05, 0) is 0 Å². The van der Waals surface area contributed by atoms with Crippen molar-refractivity contribution in [2.75, 3.05) is 18.4 Å². The van der Waals surface area contributed by atoms with E-state index in [2.05, 4.69) is 20.7 Å². The number of anilines is 2. The second-order valence-electron chi connectivity index (χ2n) is 3.94. The van der Waals surface area contributed by atoms with Gasteiger partial charge in [0.05, 0.1) is 12.2 Å². The van der Waals surface area contributed by atoms with Crippen molar-refractivity contribution in [3.8, 4) is 0 Å². The molecule has 1 saturated heterocycles. The molecule has 2 aromatic rings. The molecule has 3 rings (SSSR count). The Morgan fingerprint density at radius 1 is 1.61 bits per heavy atom. The van der Waals surface area contributed by atoms with Gasteiger partial charge < -0.3 is 15.7 Å². The van der Waals surface area contributed by atoms with Crippen molar-refractivity contribution in [2.24, 2.45) is 0 Å². The third-order valence-electron chi connectivity index (χ3n) is 2.73. The van der Waals surface area contributed by atoms with Crippen molar-refractivity contribution in [1.82, 2.24) is 20.1 Å². The number of rotatable bonds is 4. The van der Waals surface area contributed by atoms with Gasteiger partial charge in [-0.3, -0.25) is 0 Å². The zero-order valence-electron chi connectivity index (χ0n) is 9.33. The van der Waals surface area contributed by atoms with Gasteiger partial charge in [0.2, 0.25) is 0 Å². The van der Waals surface area contributed by atoms with E-state index in [0.29, 0.717) is 11.2 Å². The fraction of sp³-hybridized carbons (Fsp3) is 0.300. The summed E-state index contributed by atoms with van der Waals surface area (Å²) in [5.41, 5.74) is 0.0545. The fourth-order valence-corrected chi connectivity index (χ4v) is 2.38. The maximum absolute atomic E-state index is 10.7. The van der Waals surface area contributed by atoms with Crippen molar-refractivity contribution < 1.29 is 9.90 Å². The first kappa shape index (κ1) is 11.2. The molecule has 18 heavy (non-hydrogen) atoms. The smallest absolute Gasteiger partial charge is 0.355 e. The van der Waals surface area contributed by atoms with Crippen LogP contribution in [0.1, 0.15) is 16.5 Å². The molecule has 0 radical (unpaired) electrons. The number of hydrogen-bond acceptors (Lipinski definition) is 6. The highest BCUT2D eigenvalue weighted by atomic mass is 32.1. The van der Waals surface area contributed by atoms with Crippen LogP contribution in [0.15, 0.2) is 17.6 Å². The lowest BCUT2D eigenvalue weighted by molar-refractivity contribution is 0.0691. The van der Waals surface area contributed by atoms with Gasteiger partial charge in [-0.2, -0.15) is 5.10 Å². The largest absolute Gasteiger partial charge is 0.476 e. The average molecular weight is 265 g/mol. The molecule has 1 aliphatic rings. The quantitative estimate of drug-likeness (QED) is 0.761. The minimum Gasteiger partial charge on any atom is -0.476 e. The number of carboxylic acid groups (broad SMARTS) is 1. The summed E-state index contributed by atoms with van der Waals surface area (Å²) in [6, 6.07) is 2.20. The van der Waals surface area contributed by atoms with Crippen molar-refractivity contribution in [3.63, 3.8) is 0 Å². The molecule has 0 unspecified atom stereocenters. The van der Waals surface area contributed by atoms with Crippen LogP contribution in [0.2, 0.25) is 0 Å². The Morgan fingerprint density at radius 2 is 2.44 bits per heavy atom. The summed E-state index contributed by atoms with van der Waals surface area (Å²) in [6.45, 7) is 1.79. The van der Waals surface area contributed by atoms with E-state index in [1.165, 1.54) is 16.7 Å². The van der Waals surface area contributed by atoms with Crippen LogP contribution in [0, 0.1) is 0 Å². The molecular weight excluding hydrogens is 254 g/mol. The zero-order chi connectivity index (χ0) is 12.5. The predicted octanol–water partition coefficient (Wildman–Crippen LogP) is 0.926. The first-order valence-corrected chi connectivity index (χ1v) is 6.32. The minimum atomic E-state index is -1.02. The maximum atomic E-state index is 10.7. The SMILES string of the molecule is O=C(O)c1csc(Nc2ccnn2C2CNC2)n1. The normalized spacial score (nSPS) is 15.3.